The zero-order valence-corrected chi connectivity index (χ0v) is 11.9. The quantitative estimate of drug-likeness (QED) is 0.458. The number of rotatable bonds is 8. The Morgan fingerprint density at radius 3 is 2.33 bits per heavy atom. The van der Waals surface area contributed by atoms with Crippen molar-refractivity contribution < 1.29 is 9.47 Å². The van der Waals surface area contributed by atoms with E-state index in [0.29, 0.717) is 19.8 Å². The Bertz CT molecular complexity index is 548. The molecule has 1 atom stereocenters. The van der Waals surface area contributed by atoms with Crippen molar-refractivity contribution in [3.63, 3.8) is 0 Å². The molecule has 0 aliphatic rings. The smallest absolute Gasteiger partial charge is 0.147 e. The van der Waals surface area contributed by atoms with Gasteiger partial charge in [0.1, 0.15) is 11.9 Å². The fourth-order valence-electron chi connectivity index (χ4n) is 1.92. The maximum Gasteiger partial charge on any atom is 0.147 e. The van der Waals surface area contributed by atoms with Crippen LogP contribution >= 0.6 is 0 Å². The molecule has 3 heteroatoms. The van der Waals surface area contributed by atoms with Crippen LogP contribution in [0.2, 0.25) is 0 Å². The van der Waals surface area contributed by atoms with Gasteiger partial charge in [-0.25, -0.2) is 0 Å². The van der Waals surface area contributed by atoms with Crippen LogP contribution < -0.4 is 10.1 Å². The summed E-state index contributed by atoms with van der Waals surface area (Å²) in [6, 6.07) is 22.2. The van der Waals surface area contributed by atoms with E-state index in [0.717, 1.165) is 11.3 Å². The molecule has 0 fully saturated rings. The van der Waals surface area contributed by atoms with E-state index in [4.69, 9.17) is 15.9 Å². The summed E-state index contributed by atoms with van der Waals surface area (Å²) in [6.45, 7) is 1.65. The maximum absolute atomic E-state index is 6.02. The third-order valence-electron chi connectivity index (χ3n) is 2.94. The van der Waals surface area contributed by atoms with Gasteiger partial charge in [-0.15, -0.1) is 0 Å². The van der Waals surface area contributed by atoms with Crippen molar-refractivity contribution in [1.29, 1.82) is 0 Å². The van der Waals surface area contributed by atoms with E-state index in [1.165, 1.54) is 0 Å². The molecule has 2 rings (SSSR count). The normalized spacial score (nSPS) is 11.4. The molecule has 3 nitrogen and oxygen atoms in total. The Morgan fingerprint density at radius 2 is 1.67 bits per heavy atom. The van der Waals surface area contributed by atoms with E-state index in [9.17, 15) is 0 Å². The van der Waals surface area contributed by atoms with Gasteiger partial charge < -0.3 is 14.8 Å². The first-order valence-corrected chi connectivity index (χ1v) is 6.93. The molecule has 0 radical (unpaired) electrons. The van der Waals surface area contributed by atoms with Crippen LogP contribution in [-0.2, 0) is 4.74 Å². The molecule has 0 aliphatic heterocycles. The van der Waals surface area contributed by atoms with Crippen LogP contribution in [0, 0.1) is 12.5 Å². The second kappa shape index (κ2) is 8.68. The lowest BCUT2D eigenvalue weighted by Crippen LogP contribution is -2.19. The van der Waals surface area contributed by atoms with E-state index < -0.39 is 0 Å². The van der Waals surface area contributed by atoms with Gasteiger partial charge in [-0.05, 0) is 17.7 Å². The third kappa shape index (κ3) is 5.21. The molecule has 0 heterocycles. The average Bonchev–Trinajstić information content (AvgIpc) is 2.55. The second-order valence-electron chi connectivity index (χ2n) is 4.48. The summed E-state index contributed by atoms with van der Waals surface area (Å²) >= 11 is 0. The Morgan fingerprint density at radius 1 is 1.00 bits per heavy atom. The number of nitrogens with one attached hydrogen (secondary N) is 1. The summed E-state index contributed by atoms with van der Waals surface area (Å²) in [5.74, 6) is 0.830. The number of benzene rings is 2. The van der Waals surface area contributed by atoms with Gasteiger partial charge >= 0.3 is 0 Å². The van der Waals surface area contributed by atoms with Gasteiger partial charge in [0.25, 0.3) is 0 Å². The molecule has 108 valence electrons. The van der Waals surface area contributed by atoms with Crippen molar-refractivity contribution in [2.24, 2.45) is 0 Å². The van der Waals surface area contributed by atoms with Crippen LogP contribution in [0.15, 0.2) is 60.7 Å². The highest BCUT2D eigenvalue weighted by molar-refractivity contribution is 5.24. The van der Waals surface area contributed by atoms with Crippen molar-refractivity contribution in [3.05, 3.63) is 66.2 Å². The van der Waals surface area contributed by atoms with Gasteiger partial charge in [-0.3, -0.25) is 0 Å². The number of ether oxygens (including phenoxy) is 2. The molecule has 2 aromatic carbocycles. The zero-order valence-electron chi connectivity index (χ0n) is 11.9. The number of hydrogen-bond acceptors (Lipinski definition) is 3. The van der Waals surface area contributed by atoms with Crippen LogP contribution in [0.3, 0.4) is 0 Å². The average molecular weight is 281 g/mol. The van der Waals surface area contributed by atoms with Crippen molar-refractivity contribution in [3.8, 4) is 18.2 Å². The molecule has 1 N–H and O–H groups in total. The Balaban J connectivity index is 1.96. The van der Waals surface area contributed by atoms with Crippen molar-refractivity contribution in [1.82, 2.24) is 5.32 Å². The first-order valence-electron chi connectivity index (χ1n) is 6.93. The molecule has 0 aliphatic carbocycles. The summed E-state index contributed by atoms with van der Waals surface area (Å²) in [7, 11) is 0. The van der Waals surface area contributed by atoms with Crippen molar-refractivity contribution in [2.45, 2.75) is 6.10 Å². The van der Waals surface area contributed by atoms with E-state index >= 15 is 0 Å². The molecule has 0 spiro atoms. The number of terminal acetylenes is 1. The van der Waals surface area contributed by atoms with Crippen LogP contribution in [0.5, 0.6) is 5.75 Å². The molecule has 21 heavy (non-hydrogen) atoms. The van der Waals surface area contributed by atoms with E-state index in [1.807, 2.05) is 60.7 Å². The van der Waals surface area contributed by atoms with Crippen molar-refractivity contribution in [2.75, 3.05) is 19.8 Å². The molecular weight excluding hydrogens is 262 g/mol. The SMILES string of the molecule is C#CNCCOC[C@@H](Oc1ccccc1)c1ccccc1. The van der Waals surface area contributed by atoms with Crippen LogP contribution in [0.4, 0.5) is 0 Å². The number of para-hydroxylation sites is 1. The summed E-state index contributed by atoms with van der Waals surface area (Å²) in [4.78, 5) is 0. The predicted molar refractivity (Wildman–Crippen MR) is 83.9 cm³/mol. The fraction of sp³-hybridized carbons (Fsp3) is 0.222. The molecule has 0 aromatic heterocycles. The first-order chi connectivity index (χ1) is 10.4. The van der Waals surface area contributed by atoms with Crippen LogP contribution in [-0.4, -0.2) is 19.8 Å². The lowest BCUT2D eigenvalue weighted by atomic mass is 10.1. The third-order valence-corrected chi connectivity index (χ3v) is 2.94. The largest absolute Gasteiger partial charge is 0.483 e. The minimum atomic E-state index is -0.139. The van der Waals surface area contributed by atoms with Crippen molar-refractivity contribution >= 4 is 0 Å². The first kappa shape index (κ1) is 15.0. The van der Waals surface area contributed by atoms with Crippen LogP contribution in [0.25, 0.3) is 0 Å². The van der Waals surface area contributed by atoms with Gasteiger partial charge in [-0.2, -0.15) is 0 Å². The maximum atomic E-state index is 6.02. The lowest BCUT2D eigenvalue weighted by Gasteiger charge is -2.19. The van der Waals surface area contributed by atoms with Gasteiger partial charge in [-0.1, -0.05) is 55.0 Å². The fourth-order valence-corrected chi connectivity index (χ4v) is 1.92. The second-order valence-corrected chi connectivity index (χ2v) is 4.48. The summed E-state index contributed by atoms with van der Waals surface area (Å²) < 4.78 is 11.7. The van der Waals surface area contributed by atoms with E-state index in [-0.39, 0.29) is 6.10 Å². The van der Waals surface area contributed by atoms with Crippen LogP contribution in [0.1, 0.15) is 11.7 Å². The highest BCUT2D eigenvalue weighted by atomic mass is 16.5. The lowest BCUT2D eigenvalue weighted by molar-refractivity contribution is 0.0519. The minimum Gasteiger partial charge on any atom is -0.483 e. The molecule has 0 saturated heterocycles. The molecule has 0 amide bonds. The summed E-state index contributed by atoms with van der Waals surface area (Å²) in [6.07, 6.45) is 4.98. The summed E-state index contributed by atoms with van der Waals surface area (Å²) in [5, 5.41) is 2.77. The highest BCUT2D eigenvalue weighted by Crippen LogP contribution is 2.21. The molecule has 2 aromatic rings. The molecule has 0 unspecified atom stereocenters. The molecule has 0 bridgehead atoms. The predicted octanol–water partition coefficient (Wildman–Crippen LogP) is 3.00. The Kier molecular flexibility index (Phi) is 6.18. The molecular formula is C18H19NO2. The number of hydrogen-bond donors (Lipinski definition) is 1. The van der Waals surface area contributed by atoms with E-state index in [1.54, 1.807) is 0 Å². The van der Waals surface area contributed by atoms with Gasteiger partial charge in [0.2, 0.25) is 0 Å². The molecule has 0 saturated carbocycles. The van der Waals surface area contributed by atoms with Gasteiger partial charge in [0.15, 0.2) is 0 Å². The Labute approximate surface area is 125 Å². The highest BCUT2D eigenvalue weighted by Gasteiger charge is 2.13. The standard InChI is InChI=1S/C18H19NO2/c1-2-19-13-14-20-15-18(16-9-5-3-6-10-16)21-17-11-7-4-8-12-17/h1,3-12,18-19H,13-15H2/t18-/m1/s1. The Hall–Kier alpha value is -2.44. The topological polar surface area (TPSA) is 30.5 Å². The van der Waals surface area contributed by atoms with Gasteiger partial charge in [0, 0.05) is 12.6 Å². The van der Waals surface area contributed by atoms with E-state index in [2.05, 4.69) is 11.4 Å². The monoisotopic (exact) mass is 281 g/mol. The van der Waals surface area contributed by atoms with Gasteiger partial charge in [0.05, 0.1) is 13.2 Å². The minimum absolute atomic E-state index is 0.139. The summed E-state index contributed by atoms with van der Waals surface area (Å²) in [5.41, 5.74) is 1.09. The zero-order chi connectivity index (χ0) is 14.8.